The van der Waals surface area contributed by atoms with Crippen LogP contribution in [0.4, 0.5) is 0 Å². The van der Waals surface area contributed by atoms with E-state index in [0.717, 1.165) is 6.07 Å². The fraction of sp³-hybridized carbons (Fsp3) is 0. The molecule has 0 spiro atoms. The van der Waals surface area contributed by atoms with E-state index in [1.165, 1.54) is 0 Å². The molecule has 0 saturated heterocycles. The Morgan fingerprint density at radius 2 is 1.16 bits per heavy atom. The molecule has 0 aliphatic heterocycles. The molecule has 0 unspecified atom stereocenters. The summed E-state index contributed by atoms with van der Waals surface area (Å²) >= 11 is 0. The van der Waals surface area contributed by atoms with Gasteiger partial charge in [-0.3, -0.25) is 4.55 Å². The zero-order valence-electron chi connectivity index (χ0n) is 10.6. The number of aromatic carboxylic acids is 2. The number of hydrogen-bond acceptors (Lipinski definition) is 4. The molecule has 0 aliphatic rings. The van der Waals surface area contributed by atoms with Crippen LogP contribution in [0.1, 0.15) is 20.7 Å². The molecule has 1 rings (SSSR count). The SMILES string of the molecule is O=C(O)c1cc(C(=O)O)cc(S(=O)(=O)O)c1.[Li].[Li].[Li]. The van der Waals surface area contributed by atoms with Crippen molar-refractivity contribution in [3.8, 4) is 0 Å². The van der Waals surface area contributed by atoms with Gasteiger partial charge in [-0.2, -0.15) is 8.42 Å². The van der Waals surface area contributed by atoms with Crippen LogP contribution in [0, 0.1) is 0 Å². The average molecular weight is 267 g/mol. The van der Waals surface area contributed by atoms with Crippen molar-refractivity contribution in [1.82, 2.24) is 0 Å². The molecule has 3 N–H and O–H groups in total. The predicted octanol–water partition coefficient (Wildman–Crippen LogP) is -0.813. The molecular formula is C8H6Li3O7S. The van der Waals surface area contributed by atoms with Gasteiger partial charge in [0.1, 0.15) is 0 Å². The molecule has 1 aromatic carbocycles. The summed E-state index contributed by atoms with van der Waals surface area (Å²) in [7, 11) is -4.64. The van der Waals surface area contributed by atoms with Gasteiger partial charge in [-0.25, -0.2) is 9.59 Å². The van der Waals surface area contributed by atoms with Crippen molar-refractivity contribution in [2.24, 2.45) is 0 Å². The van der Waals surface area contributed by atoms with E-state index in [1.54, 1.807) is 0 Å². The quantitative estimate of drug-likeness (QED) is 0.482. The largest absolute Gasteiger partial charge is 0.478 e. The van der Waals surface area contributed by atoms with Crippen LogP contribution < -0.4 is 0 Å². The Kier molecular flexibility index (Phi) is 11.2. The van der Waals surface area contributed by atoms with Crippen molar-refractivity contribution in [2.75, 3.05) is 0 Å². The average Bonchev–Trinajstić information content (AvgIpc) is 2.15. The Balaban J connectivity index is -0.000000853. The third-order valence-electron chi connectivity index (χ3n) is 1.70. The van der Waals surface area contributed by atoms with Gasteiger partial charge >= 0.3 is 11.9 Å². The van der Waals surface area contributed by atoms with Crippen LogP contribution in [-0.2, 0) is 10.1 Å². The van der Waals surface area contributed by atoms with Gasteiger partial charge in [0, 0.05) is 56.6 Å². The Hall–Kier alpha value is -0.138. The second-order valence-corrected chi connectivity index (χ2v) is 4.25. The zero-order chi connectivity index (χ0) is 12.5. The standard InChI is InChI=1S/C8H6O7S.3Li/c9-7(10)4-1-5(8(11)12)3-6(2-4)16(13,14)15;;;/h1-3H,(H,9,10)(H,11,12)(H,13,14,15);;;. The fourth-order valence-electron chi connectivity index (χ4n) is 0.995. The summed E-state index contributed by atoms with van der Waals surface area (Å²) in [5, 5.41) is 17.2. The van der Waals surface area contributed by atoms with E-state index < -0.39 is 38.1 Å². The second-order valence-electron chi connectivity index (χ2n) is 2.83. The van der Waals surface area contributed by atoms with Crippen LogP contribution in [0.25, 0.3) is 0 Å². The molecule has 11 heteroatoms. The molecule has 0 aromatic heterocycles. The first-order chi connectivity index (χ1) is 7.21. The number of rotatable bonds is 3. The van der Waals surface area contributed by atoms with E-state index in [9.17, 15) is 18.0 Å². The smallest absolute Gasteiger partial charge is 0.335 e. The Morgan fingerprint density at radius 1 is 0.842 bits per heavy atom. The van der Waals surface area contributed by atoms with Gasteiger partial charge in [0.2, 0.25) is 0 Å². The van der Waals surface area contributed by atoms with E-state index >= 15 is 0 Å². The summed E-state index contributed by atoms with van der Waals surface area (Å²) in [5.41, 5.74) is -1.07. The van der Waals surface area contributed by atoms with Gasteiger partial charge < -0.3 is 10.2 Å². The van der Waals surface area contributed by atoms with Crippen LogP contribution in [-0.4, -0.2) is 91.7 Å². The van der Waals surface area contributed by atoms with E-state index in [0.29, 0.717) is 12.1 Å². The summed E-state index contributed by atoms with van der Waals surface area (Å²) in [6, 6.07) is 2.13. The first-order valence-corrected chi connectivity index (χ1v) is 5.25. The predicted molar refractivity (Wildman–Crippen MR) is 67.4 cm³/mol. The number of hydrogen-bond donors (Lipinski definition) is 3. The van der Waals surface area contributed by atoms with Crippen LogP contribution >= 0.6 is 0 Å². The minimum absolute atomic E-state index is 0. The molecule has 0 fully saturated rings. The minimum Gasteiger partial charge on any atom is -0.478 e. The molecule has 89 valence electrons. The second kappa shape index (κ2) is 8.92. The van der Waals surface area contributed by atoms with Gasteiger partial charge in [0.25, 0.3) is 10.1 Å². The zero-order valence-corrected chi connectivity index (χ0v) is 11.4. The van der Waals surface area contributed by atoms with Gasteiger partial charge in [-0.05, 0) is 18.2 Å². The first kappa shape index (κ1) is 23.9. The molecule has 0 aliphatic carbocycles. The summed E-state index contributed by atoms with van der Waals surface area (Å²) in [6.45, 7) is 0. The van der Waals surface area contributed by atoms with E-state index in [-0.39, 0.29) is 56.6 Å². The van der Waals surface area contributed by atoms with Crippen molar-refractivity contribution < 1.29 is 32.8 Å². The van der Waals surface area contributed by atoms with Gasteiger partial charge in [0.05, 0.1) is 16.0 Å². The molecule has 0 bridgehead atoms. The summed E-state index contributed by atoms with van der Waals surface area (Å²) in [5.74, 6) is -2.99. The van der Waals surface area contributed by atoms with Gasteiger partial charge in [-0.1, -0.05) is 0 Å². The van der Waals surface area contributed by atoms with Crippen LogP contribution in [0.2, 0.25) is 0 Å². The van der Waals surface area contributed by atoms with E-state index in [4.69, 9.17) is 14.8 Å². The fourth-order valence-corrected chi connectivity index (χ4v) is 1.55. The summed E-state index contributed by atoms with van der Waals surface area (Å²) < 4.78 is 30.2. The summed E-state index contributed by atoms with van der Waals surface area (Å²) in [4.78, 5) is 20.4. The van der Waals surface area contributed by atoms with Crippen molar-refractivity contribution >= 4 is 78.6 Å². The van der Waals surface area contributed by atoms with E-state index in [2.05, 4.69) is 0 Å². The molecule has 1 aromatic rings. The Bertz CT molecular complexity index is 537. The van der Waals surface area contributed by atoms with Crippen molar-refractivity contribution in [2.45, 2.75) is 4.90 Å². The molecule has 7 nitrogen and oxygen atoms in total. The third kappa shape index (κ3) is 6.72. The van der Waals surface area contributed by atoms with Crippen molar-refractivity contribution in [3.63, 3.8) is 0 Å². The number of carbonyl (C=O) groups is 2. The number of carboxylic acids is 2. The maximum atomic E-state index is 10.8. The Labute approximate surface area is 145 Å². The van der Waals surface area contributed by atoms with Crippen LogP contribution in [0.3, 0.4) is 0 Å². The molecule has 0 amide bonds. The summed E-state index contributed by atoms with van der Waals surface area (Å²) in [6.07, 6.45) is 0. The third-order valence-corrected chi connectivity index (χ3v) is 2.53. The van der Waals surface area contributed by atoms with Gasteiger partial charge in [-0.15, -0.1) is 0 Å². The topological polar surface area (TPSA) is 129 Å². The molecule has 0 atom stereocenters. The number of benzene rings is 1. The molecule has 0 saturated carbocycles. The van der Waals surface area contributed by atoms with Crippen LogP contribution in [0.15, 0.2) is 23.1 Å². The molecule has 19 heavy (non-hydrogen) atoms. The minimum atomic E-state index is -4.64. The first-order valence-electron chi connectivity index (χ1n) is 3.81. The maximum absolute atomic E-state index is 10.8. The van der Waals surface area contributed by atoms with E-state index in [1.807, 2.05) is 0 Å². The van der Waals surface area contributed by atoms with Crippen molar-refractivity contribution in [3.05, 3.63) is 29.3 Å². The molecule has 3 radical (unpaired) electrons. The normalized spacial score (nSPS) is 9.32. The maximum Gasteiger partial charge on any atom is 0.335 e. The Morgan fingerprint density at radius 3 is 1.37 bits per heavy atom. The van der Waals surface area contributed by atoms with Crippen LogP contribution in [0.5, 0.6) is 0 Å². The number of carboxylic acid groups (broad SMARTS) is 2. The van der Waals surface area contributed by atoms with Crippen molar-refractivity contribution in [1.29, 1.82) is 0 Å². The monoisotopic (exact) mass is 267 g/mol. The molecular weight excluding hydrogens is 261 g/mol. The molecule has 0 heterocycles. The van der Waals surface area contributed by atoms with Gasteiger partial charge in [0.15, 0.2) is 0 Å².